The maximum atomic E-state index is 13.5. The van der Waals surface area contributed by atoms with Gasteiger partial charge in [-0.2, -0.15) is 0 Å². The van der Waals surface area contributed by atoms with Crippen LogP contribution in [0.15, 0.2) is 42.5 Å². The number of likely N-dealkylation sites (tertiary alicyclic amines) is 1. The van der Waals surface area contributed by atoms with Crippen molar-refractivity contribution in [2.45, 2.75) is 25.3 Å². The lowest BCUT2D eigenvalue weighted by Gasteiger charge is -2.35. The molecule has 1 fully saturated rings. The summed E-state index contributed by atoms with van der Waals surface area (Å²) >= 11 is 0. The zero-order valence-electron chi connectivity index (χ0n) is 17.7. The molecule has 2 amide bonds. The lowest BCUT2D eigenvalue weighted by molar-refractivity contribution is -0.119. The average Bonchev–Trinajstić information content (AvgIpc) is 3.13. The Kier molecular flexibility index (Phi) is 5.79. The second-order valence-corrected chi connectivity index (χ2v) is 7.65. The molecule has 2 N–H and O–H groups in total. The van der Waals surface area contributed by atoms with Crippen molar-refractivity contribution in [3.05, 3.63) is 53.9 Å². The highest BCUT2D eigenvalue weighted by atomic mass is 16.5. The monoisotopic (exact) mass is 422 g/mol. The van der Waals surface area contributed by atoms with Crippen LogP contribution in [0.25, 0.3) is 11.0 Å². The van der Waals surface area contributed by atoms with Crippen LogP contribution in [-0.2, 0) is 11.8 Å². The molecule has 2 aromatic carbocycles. The van der Waals surface area contributed by atoms with Gasteiger partial charge in [-0.3, -0.25) is 9.59 Å². The molecule has 2 heterocycles. The standard InChI is InChI=1S/C23H26N4O4/c1-26-17-8-4-3-7-16(17)25-22(26)18-9-5-6-12-27(18)23(29)15-10-11-19(20(13-15)30-2)31-14-21(24)28/h3-4,7-8,10-11,13,18H,5-6,9,12,14H2,1-2H3,(H2,24,28)/t18-/m0/s1. The Morgan fingerprint density at radius 1 is 1.16 bits per heavy atom. The number of rotatable bonds is 6. The van der Waals surface area contributed by atoms with E-state index in [4.69, 9.17) is 20.2 Å². The Bertz CT molecular complexity index is 1120. The molecular weight excluding hydrogens is 396 g/mol. The van der Waals surface area contributed by atoms with Crippen LogP contribution in [0.2, 0.25) is 0 Å². The lowest BCUT2D eigenvalue weighted by Crippen LogP contribution is -2.39. The normalized spacial score (nSPS) is 16.3. The van der Waals surface area contributed by atoms with Gasteiger partial charge in [0.1, 0.15) is 5.82 Å². The van der Waals surface area contributed by atoms with E-state index in [1.807, 2.05) is 36.2 Å². The van der Waals surface area contributed by atoms with Gasteiger partial charge in [0.2, 0.25) is 0 Å². The summed E-state index contributed by atoms with van der Waals surface area (Å²) in [6.07, 6.45) is 2.85. The Hall–Kier alpha value is -3.55. The number of benzene rings is 2. The predicted molar refractivity (Wildman–Crippen MR) is 116 cm³/mol. The SMILES string of the molecule is COc1cc(C(=O)N2CCCC[C@H]2c2nc3ccccc3n2C)ccc1OCC(N)=O. The number of nitrogens with zero attached hydrogens (tertiary/aromatic N) is 3. The van der Waals surface area contributed by atoms with Crippen molar-refractivity contribution >= 4 is 22.8 Å². The molecule has 0 radical (unpaired) electrons. The first-order chi connectivity index (χ1) is 15.0. The number of amides is 2. The van der Waals surface area contributed by atoms with Gasteiger partial charge in [-0.25, -0.2) is 4.98 Å². The van der Waals surface area contributed by atoms with Crippen LogP contribution < -0.4 is 15.2 Å². The van der Waals surface area contributed by atoms with E-state index in [-0.39, 0.29) is 18.6 Å². The largest absolute Gasteiger partial charge is 0.493 e. The molecule has 8 nitrogen and oxygen atoms in total. The number of ether oxygens (including phenoxy) is 2. The zero-order chi connectivity index (χ0) is 22.0. The van der Waals surface area contributed by atoms with E-state index in [1.54, 1.807) is 18.2 Å². The second-order valence-electron chi connectivity index (χ2n) is 7.65. The summed E-state index contributed by atoms with van der Waals surface area (Å²) in [7, 11) is 3.49. The average molecular weight is 422 g/mol. The van der Waals surface area contributed by atoms with Crippen molar-refractivity contribution in [3.63, 3.8) is 0 Å². The number of fused-ring (bicyclic) bond motifs is 1. The molecule has 1 aliphatic rings. The number of hydrogen-bond acceptors (Lipinski definition) is 5. The van der Waals surface area contributed by atoms with Crippen molar-refractivity contribution in [2.75, 3.05) is 20.3 Å². The molecule has 1 saturated heterocycles. The Balaban J connectivity index is 1.64. The van der Waals surface area contributed by atoms with Gasteiger partial charge < -0.3 is 24.7 Å². The molecular formula is C23H26N4O4. The molecule has 162 valence electrons. The highest BCUT2D eigenvalue weighted by Crippen LogP contribution is 2.35. The number of carbonyl (C=O) groups excluding carboxylic acids is 2. The smallest absolute Gasteiger partial charge is 0.255 e. The fourth-order valence-corrected chi connectivity index (χ4v) is 4.14. The summed E-state index contributed by atoms with van der Waals surface area (Å²) in [4.78, 5) is 31.2. The van der Waals surface area contributed by atoms with Crippen molar-refractivity contribution < 1.29 is 19.1 Å². The maximum Gasteiger partial charge on any atom is 0.255 e. The third-order valence-electron chi connectivity index (χ3n) is 5.66. The molecule has 1 atom stereocenters. The summed E-state index contributed by atoms with van der Waals surface area (Å²) in [5, 5.41) is 0. The van der Waals surface area contributed by atoms with Crippen LogP contribution in [0.5, 0.6) is 11.5 Å². The minimum Gasteiger partial charge on any atom is -0.493 e. The first-order valence-corrected chi connectivity index (χ1v) is 10.3. The molecule has 1 aromatic heterocycles. The van der Waals surface area contributed by atoms with Crippen LogP contribution >= 0.6 is 0 Å². The molecule has 1 aliphatic heterocycles. The molecule has 0 aliphatic carbocycles. The number of imidazole rings is 1. The second kappa shape index (κ2) is 8.67. The number of nitrogens with two attached hydrogens (primary N) is 1. The van der Waals surface area contributed by atoms with Crippen LogP contribution in [0, 0.1) is 0 Å². The summed E-state index contributed by atoms with van der Waals surface area (Å²) < 4.78 is 12.8. The van der Waals surface area contributed by atoms with Gasteiger partial charge in [-0.15, -0.1) is 0 Å². The zero-order valence-corrected chi connectivity index (χ0v) is 17.7. The van der Waals surface area contributed by atoms with Crippen molar-refractivity contribution in [1.82, 2.24) is 14.5 Å². The summed E-state index contributed by atoms with van der Waals surface area (Å²) in [6, 6.07) is 12.8. The molecule has 0 bridgehead atoms. The van der Waals surface area contributed by atoms with Crippen LogP contribution in [0.1, 0.15) is 41.5 Å². The van der Waals surface area contributed by atoms with E-state index in [9.17, 15) is 9.59 Å². The number of methoxy groups -OCH3 is 1. The van der Waals surface area contributed by atoms with Gasteiger partial charge in [0.15, 0.2) is 18.1 Å². The van der Waals surface area contributed by atoms with Crippen LogP contribution in [0.3, 0.4) is 0 Å². The molecule has 0 unspecified atom stereocenters. The molecule has 0 spiro atoms. The Morgan fingerprint density at radius 3 is 2.71 bits per heavy atom. The Labute approximate surface area is 180 Å². The van der Waals surface area contributed by atoms with Crippen molar-refractivity contribution in [2.24, 2.45) is 12.8 Å². The number of aryl methyl sites for hydroxylation is 1. The van der Waals surface area contributed by atoms with E-state index in [0.717, 1.165) is 36.1 Å². The van der Waals surface area contributed by atoms with Gasteiger partial charge >= 0.3 is 0 Å². The van der Waals surface area contributed by atoms with Crippen molar-refractivity contribution in [3.8, 4) is 11.5 Å². The molecule has 31 heavy (non-hydrogen) atoms. The van der Waals surface area contributed by atoms with E-state index in [1.165, 1.54) is 7.11 Å². The third kappa shape index (κ3) is 4.05. The quantitative estimate of drug-likeness (QED) is 0.658. The van der Waals surface area contributed by atoms with Crippen molar-refractivity contribution in [1.29, 1.82) is 0 Å². The number of primary amides is 1. The molecule has 0 saturated carbocycles. The van der Waals surface area contributed by atoms with Gasteiger partial charge in [0, 0.05) is 19.2 Å². The summed E-state index contributed by atoms with van der Waals surface area (Å²) in [6.45, 7) is 0.402. The maximum absolute atomic E-state index is 13.5. The van der Waals surface area contributed by atoms with E-state index >= 15 is 0 Å². The van der Waals surface area contributed by atoms with Gasteiger partial charge in [0.05, 0.1) is 24.2 Å². The first-order valence-electron chi connectivity index (χ1n) is 10.3. The van der Waals surface area contributed by atoms with E-state index in [2.05, 4.69) is 4.57 Å². The molecule has 8 heteroatoms. The third-order valence-corrected chi connectivity index (χ3v) is 5.66. The number of para-hydroxylation sites is 2. The fourth-order valence-electron chi connectivity index (χ4n) is 4.14. The number of piperidine rings is 1. The predicted octanol–water partition coefficient (Wildman–Crippen LogP) is 2.81. The Morgan fingerprint density at radius 2 is 1.97 bits per heavy atom. The van der Waals surface area contributed by atoms with Crippen LogP contribution in [-0.4, -0.2) is 46.5 Å². The van der Waals surface area contributed by atoms with Crippen LogP contribution in [0.4, 0.5) is 0 Å². The summed E-state index contributed by atoms with van der Waals surface area (Å²) in [5.41, 5.74) is 7.61. The highest BCUT2D eigenvalue weighted by molar-refractivity contribution is 5.95. The summed E-state index contributed by atoms with van der Waals surface area (Å²) in [5.74, 6) is 0.965. The first kappa shape index (κ1) is 20.7. The topological polar surface area (TPSA) is 99.7 Å². The fraction of sp³-hybridized carbons (Fsp3) is 0.348. The lowest BCUT2D eigenvalue weighted by atomic mass is 10.00. The van der Waals surface area contributed by atoms with Gasteiger partial charge in [-0.1, -0.05) is 12.1 Å². The van der Waals surface area contributed by atoms with Gasteiger partial charge in [-0.05, 0) is 49.6 Å². The number of carbonyl (C=O) groups is 2. The minimum absolute atomic E-state index is 0.0866. The number of hydrogen-bond donors (Lipinski definition) is 1. The van der Waals surface area contributed by atoms with E-state index in [0.29, 0.717) is 23.6 Å². The number of aromatic nitrogens is 2. The molecule has 3 aromatic rings. The van der Waals surface area contributed by atoms with Gasteiger partial charge in [0.25, 0.3) is 11.8 Å². The van der Waals surface area contributed by atoms with E-state index < -0.39 is 5.91 Å². The minimum atomic E-state index is -0.583. The molecule has 4 rings (SSSR count). The highest BCUT2D eigenvalue weighted by Gasteiger charge is 2.32.